The van der Waals surface area contributed by atoms with Crippen LogP contribution in [-0.2, 0) is 29.9 Å². The molecular weight excluding hydrogens is 722 g/mol. The van der Waals surface area contributed by atoms with E-state index >= 15 is 0 Å². The van der Waals surface area contributed by atoms with E-state index in [9.17, 15) is 46.7 Å². The summed E-state index contributed by atoms with van der Waals surface area (Å²) in [6.45, 7) is 3.46. The monoisotopic (exact) mass is 750 g/mol. The molecule has 0 fully saturated rings. The Bertz CT molecular complexity index is 1790. The van der Waals surface area contributed by atoms with Crippen molar-refractivity contribution in [3.8, 4) is 0 Å². The summed E-state index contributed by atoms with van der Waals surface area (Å²) in [5.41, 5.74) is 0.157. The van der Waals surface area contributed by atoms with Crippen LogP contribution in [0.4, 0.5) is 17.3 Å². The largest absolute Gasteiger partial charge is 3.00 e. The zero-order valence-electron chi connectivity index (χ0n) is 26.3. The first-order valence-electron chi connectivity index (χ1n) is 14.7. The Hall–Kier alpha value is -5.33. The first-order chi connectivity index (χ1) is 23.4. The molecule has 2 aliphatic rings. The SMILES string of the molecule is F[B-](F)(F)F.O.O=C1C([O-])=C(C2=C([O-])C(=O)c3ccccc3C2=O)C(=O)c2ccccc21.[Co+3].c1ccc(CNCCNCc2ccccn2)nc1. The van der Waals surface area contributed by atoms with E-state index in [2.05, 4.69) is 20.6 Å². The average Bonchev–Trinajstić information content (AvgIpc) is 3.10. The van der Waals surface area contributed by atoms with Crippen LogP contribution in [0.1, 0.15) is 52.8 Å². The third-order valence-electron chi connectivity index (χ3n) is 6.95. The van der Waals surface area contributed by atoms with Crippen LogP contribution in [0.2, 0.25) is 0 Å². The van der Waals surface area contributed by atoms with Gasteiger partial charge in [0, 0.05) is 72.0 Å². The molecular formula is C34H28BCoF4N4O7. The second kappa shape index (κ2) is 19.2. The van der Waals surface area contributed by atoms with E-state index in [1.165, 1.54) is 48.5 Å². The van der Waals surface area contributed by atoms with Gasteiger partial charge in [-0.05, 0) is 35.8 Å². The second-order valence-corrected chi connectivity index (χ2v) is 10.3. The fraction of sp³-hybridized carbons (Fsp3) is 0.118. The van der Waals surface area contributed by atoms with Crippen LogP contribution in [0, 0.1) is 0 Å². The summed E-state index contributed by atoms with van der Waals surface area (Å²) in [4.78, 5) is 58.6. The smallest absolute Gasteiger partial charge is 0.869 e. The third-order valence-corrected chi connectivity index (χ3v) is 6.95. The summed E-state index contributed by atoms with van der Waals surface area (Å²) in [6, 6.07) is 23.2. The van der Waals surface area contributed by atoms with Crippen LogP contribution in [-0.4, -0.2) is 58.9 Å². The number of carbonyl (C=O) groups excluding carboxylic acids is 4. The minimum absolute atomic E-state index is 0. The molecule has 2 aromatic carbocycles. The molecule has 0 atom stereocenters. The molecule has 17 heteroatoms. The molecule has 51 heavy (non-hydrogen) atoms. The number of carbonyl (C=O) groups is 4. The van der Waals surface area contributed by atoms with E-state index in [1.807, 2.05) is 48.8 Å². The Morgan fingerprint density at radius 2 is 0.824 bits per heavy atom. The van der Waals surface area contributed by atoms with E-state index < -0.39 is 53.1 Å². The zero-order chi connectivity index (χ0) is 35.6. The molecule has 0 saturated carbocycles. The first kappa shape index (κ1) is 41.8. The molecule has 0 unspecified atom stereocenters. The number of nitrogens with one attached hydrogen (secondary N) is 2. The summed E-state index contributed by atoms with van der Waals surface area (Å²) in [6.07, 6.45) is 3.63. The molecule has 0 spiro atoms. The molecule has 6 rings (SSSR count). The van der Waals surface area contributed by atoms with Gasteiger partial charge in [-0.3, -0.25) is 29.1 Å². The molecule has 2 aliphatic carbocycles. The maximum atomic E-state index is 12.7. The minimum atomic E-state index is -6.00. The second-order valence-electron chi connectivity index (χ2n) is 10.3. The fourth-order valence-corrected chi connectivity index (χ4v) is 4.77. The van der Waals surface area contributed by atoms with Crippen molar-refractivity contribution in [3.63, 3.8) is 0 Å². The molecule has 2 aromatic heterocycles. The summed E-state index contributed by atoms with van der Waals surface area (Å²) in [5.74, 6) is -6.30. The van der Waals surface area contributed by atoms with Gasteiger partial charge in [-0.1, -0.05) is 60.7 Å². The van der Waals surface area contributed by atoms with Gasteiger partial charge in [0.2, 0.25) is 0 Å². The number of allylic oxidation sites excluding steroid dienone is 4. The topological polar surface area (TPSA) is 196 Å². The predicted octanol–water partition coefficient (Wildman–Crippen LogP) is 2.20. The molecule has 2 heterocycles. The van der Waals surface area contributed by atoms with Crippen molar-refractivity contribution in [2.24, 2.45) is 0 Å². The molecule has 0 amide bonds. The molecule has 266 valence electrons. The summed E-state index contributed by atoms with van der Waals surface area (Å²) < 4.78 is 39.0. The van der Waals surface area contributed by atoms with Gasteiger partial charge in [-0.2, -0.15) is 0 Å². The maximum absolute atomic E-state index is 12.7. The van der Waals surface area contributed by atoms with Gasteiger partial charge in [0.25, 0.3) is 0 Å². The third kappa shape index (κ3) is 11.1. The number of fused-ring (bicyclic) bond motifs is 2. The van der Waals surface area contributed by atoms with Crippen LogP contribution in [0.25, 0.3) is 0 Å². The van der Waals surface area contributed by atoms with Gasteiger partial charge in [0.05, 0.1) is 11.4 Å². The Kier molecular flexibility index (Phi) is 15.7. The first-order valence-corrected chi connectivity index (χ1v) is 14.7. The minimum Gasteiger partial charge on any atom is -0.869 e. The van der Waals surface area contributed by atoms with E-state index in [-0.39, 0.29) is 44.5 Å². The molecule has 11 nitrogen and oxygen atoms in total. The van der Waals surface area contributed by atoms with Crippen molar-refractivity contribution in [2.45, 2.75) is 13.1 Å². The van der Waals surface area contributed by atoms with Crippen molar-refractivity contribution in [1.82, 2.24) is 20.6 Å². The average molecular weight is 750 g/mol. The number of benzene rings is 2. The van der Waals surface area contributed by atoms with Crippen molar-refractivity contribution in [1.29, 1.82) is 0 Å². The number of halogens is 4. The van der Waals surface area contributed by atoms with Crippen LogP contribution in [0.3, 0.4) is 0 Å². The quantitative estimate of drug-likeness (QED) is 0.153. The zero-order valence-corrected chi connectivity index (χ0v) is 27.4. The van der Waals surface area contributed by atoms with Gasteiger partial charge in [-0.15, -0.1) is 0 Å². The van der Waals surface area contributed by atoms with Crippen molar-refractivity contribution in [3.05, 3.63) is 154 Å². The summed E-state index contributed by atoms with van der Waals surface area (Å²) >= 11 is 0. The molecule has 0 bridgehead atoms. The molecule has 4 aromatic rings. The van der Waals surface area contributed by atoms with E-state index in [0.717, 1.165) is 37.6 Å². The van der Waals surface area contributed by atoms with E-state index in [0.29, 0.717) is 0 Å². The Labute approximate surface area is 299 Å². The van der Waals surface area contributed by atoms with Crippen LogP contribution < -0.4 is 20.8 Å². The summed E-state index contributed by atoms with van der Waals surface area (Å²) in [5, 5.41) is 31.6. The van der Waals surface area contributed by atoms with Crippen molar-refractivity contribution >= 4 is 30.4 Å². The number of Topliss-reactive ketones (excluding diaryl/α,β-unsaturated/α-hetero) is 4. The van der Waals surface area contributed by atoms with Crippen molar-refractivity contribution in [2.75, 3.05) is 13.1 Å². The van der Waals surface area contributed by atoms with Gasteiger partial charge in [0.15, 0.2) is 23.1 Å². The molecule has 0 saturated heterocycles. The number of nitrogens with zero attached hydrogens (tertiary/aromatic N) is 2. The fourth-order valence-electron chi connectivity index (χ4n) is 4.77. The van der Waals surface area contributed by atoms with Gasteiger partial charge in [-0.25, -0.2) is 0 Å². The number of hydrogen-bond donors (Lipinski definition) is 2. The van der Waals surface area contributed by atoms with Crippen LogP contribution in [0.15, 0.2) is 120 Å². The number of aromatic nitrogens is 2. The predicted molar refractivity (Wildman–Crippen MR) is 170 cm³/mol. The number of rotatable bonds is 8. The number of pyridine rings is 2. The Morgan fingerprint density at radius 3 is 1.12 bits per heavy atom. The van der Waals surface area contributed by atoms with Gasteiger partial charge in [0.1, 0.15) is 0 Å². The van der Waals surface area contributed by atoms with Crippen LogP contribution >= 0.6 is 0 Å². The Balaban J connectivity index is 0.000000316. The standard InChI is InChI=1S/C20H10O6.C14H18N4.BF4.Co.H2O/c21-15-9-5-1-3-7-11(9)17(23)19(25)13(15)14-16(22)10-6-2-4-8-12(10)18(24)20(14)26;1-3-7-17-13(5-1)11-15-9-10-16-12-14-6-2-4-8-18-14;2-1(3,4)5;;/h1-8,25-26H;1-8,15-16H,9-12H2;;;1H2/q;;-1;+3;/p-2. The van der Waals surface area contributed by atoms with Gasteiger partial charge >= 0.3 is 24.0 Å². The van der Waals surface area contributed by atoms with E-state index in [4.69, 9.17) is 0 Å². The van der Waals surface area contributed by atoms with Crippen LogP contribution in [0.5, 0.6) is 0 Å². The Morgan fingerprint density at radius 1 is 0.529 bits per heavy atom. The molecule has 4 N–H and O–H groups in total. The molecule has 0 aliphatic heterocycles. The number of ketones is 4. The van der Waals surface area contributed by atoms with E-state index in [1.54, 1.807) is 0 Å². The van der Waals surface area contributed by atoms with Crippen molar-refractivity contribution < 1.29 is 68.9 Å². The van der Waals surface area contributed by atoms with Gasteiger partial charge < -0.3 is 43.6 Å². The molecule has 0 radical (unpaired) electrons. The normalized spacial score (nSPS) is 13.4. The summed E-state index contributed by atoms with van der Waals surface area (Å²) in [7, 11) is -6.00. The maximum Gasteiger partial charge on any atom is 3.00 e. The number of hydrogen-bond acceptors (Lipinski definition) is 10.